The topological polar surface area (TPSA) is 54.0 Å². The van der Waals surface area contributed by atoms with Crippen LogP contribution in [-0.4, -0.2) is 63.5 Å². The van der Waals surface area contributed by atoms with Gasteiger partial charge in [-0.2, -0.15) is 0 Å². The van der Waals surface area contributed by atoms with E-state index in [1.54, 1.807) is 7.11 Å². The van der Waals surface area contributed by atoms with E-state index in [-0.39, 0.29) is 12.1 Å². The molecule has 2 amide bonds. The summed E-state index contributed by atoms with van der Waals surface area (Å²) in [5.41, 5.74) is 1.19. The molecule has 6 nitrogen and oxygen atoms in total. The highest BCUT2D eigenvalue weighted by atomic mass is 16.5. The lowest BCUT2D eigenvalue weighted by Crippen LogP contribution is -2.49. The molecule has 2 fully saturated rings. The van der Waals surface area contributed by atoms with Crippen LogP contribution in [0.2, 0.25) is 0 Å². The summed E-state index contributed by atoms with van der Waals surface area (Å²) in [4.78, 5) is 16.5. The highest BCUT2D eigenvalue weighted by Gasteiger charge is 2.25. The van der Waals surface area contributed by atoms with Crippen LogP contribution in [0.1, 0.15) is 13.3 Å². The smallest absolute Gasteiger partial charge is 0.317 e. The number of rotatable bonds is 4. The average Bonchev–Trinajstić information content (AvgIpc) is 3.09. The van der Waals surface area contributed by atoms with Crippen molar-refractivity contribution in [3.8, 4) is 5.75 Å². The number of urea groups is 1. The Labute approximate surface area is 143 Å². The van der Waals surface area contributed by atoms with Crippen molar-refractivity contribution in [3.05, 3.63) is 24.3 Å². The van der Waals surface area contributed by atoms with E-state index >= 15 is 0 Å². The predicted octanol–water partition coefficient (Wildman–Crippen LogP) is 1.95. The molecule has 2 saturated heterocycles. The van der Waals surface area contributed by atoms with Crippen molar-refractivity contribution in [2.45, 2.75) is 19.4 Å². The fraction of sp³-hybridized carbons (Fsp3) is 0.611. The van der Waals surface area contributed by atoms with Crippen molar-refractivity contribution >= 4 is 11.7 Å². The summed E-state index contributed by atoms with van der Waals surface area (Å²) >= 11 is 0. The summed E-state index contributed by atoms with van der Waals surface area (Å²) in [6.07, 6.45) is 1.22. The van der Waals surface area contributed by atoms with E-state index < -0.39 is 0 Å². The Morgan fingerprint density at radius 3 is 3.04 bits per heavy atom. The van der Waals surface area contributed by atoms with Crippen LogP contribution in [0.3, 0.4) is 0 Å². The Balaban J connectivity index is 1.46. The lowest BCUT2D eigenvalue weighted by atomic mass is 10.1. The van der Waals surface area contributed by atoms with Crippen molar-refractivity contribution in [3.63, 3.8) is 0 Å². The van der Waals surface area contributed by atoms with Gasteiger partial charge in [0, 0.05) is 44.5 Å². The number of ether oxygens (including phenoxy) is 2. The molecule has 2 aliphatic rings. The van der Waals surface area contributed by atoms with E-state index in [0.29, 0.717) is 25.6 Å². The molecule has 0 aliphatic carbocycles. The van der Waals surface area contributed by atoms with Gasteiger partial charge in [0.05, 0.1) is 19.8 Å². The highest BCUT2D eigenvalue weighted by molar-refractivity contribution is 5.74. The SMILES string of the molecule is COc1cccc(N2CC[C@@H](CNC(=O)N3CCO[C@@H](C)C3)C2)c1. The zero-order valence-corrected chi connectivity index (χ0v) is 14.5. The molecular weight excluding hydrogens is 306 g/mol. The Bertz CT molecular complexity index is 566. The molecule has 0 spiro atoms. The van der Waals surface area contributed by atoms with Crippen LogP contribution in [0.5, 0.6) is 5.75 Å². The first-order valence-electron chi connectivity index (χ1n) is 8.69. The van der Waals surface area contributed by atoms with Gasteiger partial charge in [0.25, 0.3) is 0 Å². The van der Waals surface area contributed by atoms with Crippen LogP contribution >= 0.6 is 0 Å². The van der Waals surface area contributed by atoms with Crippen molar-refractivity contribution in [2.24, 2.45) is 5.92 Å². The van der Waals surface area contributed by atoms with Gasteiger partial charge in [0.1, 0.15) is 5.75 Å². The molecule has 132 valence electrons. The van der Waals surface area contributed by atoms with Crippen LogP contribution in [-0.2, 0) is 4.74 Å². The van der Waals surface area contributed by atoms with Gasteiger partial charge in [0.15, 0.2) is 0 Å². The molecular formula is C18H27N3O3. The first kappa shape index (κ1) is 16.9. The minimum absolute atomic E-state index is 0.0324. The number of carbonyl (C=O) groups excluding carboxylic acids is 1. The summed E-state index contributed by atoms with van der Waals surface area (Å²) in [6, 6.07) is 8.18. The summed E-state index contributed by atoms with van der Waals surface area (Å²) in [5, 5.41) is 3.09. The van der Waals surface area contributed by atoms with Gasteiger partial charge in [-0.15, -0.1) is 0 Å². The second kappa shape index (κ2) is 7.75. The summed E-state index contributed by atoms with van der Waals surface area (Å²) in [5.74, 6) is 1.37. The number of anilines is 1. The Morgan fingerprint density at radius 1 is 1.38 bits per heavy atom. The van der Waals surface area contributed by atoms with E-state index in [9.17, 15) is 4.79 Å². The van der Waals surface area contributed by atoms with Gasteiger partial charge in [-0.05, 0) is 31.4 Å². The van der Waals surface area contributed by atoms with E-state index in [4.69, 9.17) is 9.47 Å². The van der Waals surface area contributed by atoms with Gasteiger partial charge < -0.3 is 24.6 Å². The fourth-order valence-corrected chi connectivity index (χ4v) is 3.39. The molecule has 2 aliphatic heterocycles. The number of methoxy groups -OCH3 is 1. The van der Waals surface area contributed by atoms with Gasteiger partial charge >= 0.3 is 6.03 Å². The third kappa shape index (κ3) is 4.12. The lowest BCUT2D eigenvalue weighted by molar-refractivity contribution is -0.00355. The maximum Gasteiger partial charge on any atom is 0.317 e. The maximum absolute atomic E-state index is 12.3. The number of nitrogens with zero attached hydrogens (tertiary/aromatic N) is 2. The number of benzene rings is 1. The molecule has 0 bridgehead atoms. The van der Waals surface area contributed by atoms with Gasteiger partial charge in [-0.3, -0.25) is 0 Å². The van der Waals surface area contributed by atoms with Crippen molar-refractivity contribution in [2.75, 3.05) is 51.3 Å². The van der Waals surface area contributed by atoms with Crippen molar-refractivity contribution in [1.29, 1.82) is 0 Å². The second-order valence-corrected chi connectivity index (χ2v) is 6.62. The van der Waals surface area contributed by atoms with Crippen LogP contribution in [0.4, 0.5) is 10.5 Å². The summed E-state index contributed by atoms with van der Waals surface area (Å²) in [7, 11) is 1.69. The van der Waals surface area contributed by atoms with Crippen LogP contribution in [0.15, 0.2) is 24.3 Å². The molecule has 0 unspecified atom stereocenters. The van der Waals surface area contributed by atoms with Crippen LogP contribution < -0.4 is 15.0 Å². The molecule has 0 aromatic heterocycles. The number of carbonyl (C=O) groups is 1. The Morgan fingerprint density at radius 2 is 2.25 bits per heavy atom. The molecule has 3 rings (SSSR count). The second-order valence-electron chi connectivity index (χ2n) is 6.62. The summed E-state index contributed by atoms with van der Waals surface area (Å²) < 4.78 is 10.8. The van der Waals surface area contributed by atoms with Gasteiger partial charge in [0.2, 0.25) is 0 Å². The van der Waals surface area contributed by atoms with E-state index in [0.717, 1.165) is 31.8 Å². The van der Waals surface area contributed by atoms with E-state index in [1.807, 2.05) is 24.0 Å². The quantitative estimate of drug-likeness (QED) is 0.915. The lowest BCUT2D eigenvalue weighted by Gasteiger charge is -2.31. The molecule has 2 heterocycles. The molecule has 24 heavy (non-hydrogen) atoms. The summed E-state index contributed by atoms with van der Waals surface area (Å²) in [6.45, 7) is 6.69. The normalized spacial score (nSPS) is 24.1. The largest absolute Gasteiger partial charge is 0.497 e. The third-order valence-electron chi connectivity index (χ3n) is 4.77. The van der Waals surface area contributed by atoms with Crippen molar-refractivity contribution in [1.82, 2.24) is 10.2 Å². The van der Waals surface area contributed by atoms with Crippen LogP contribution in [0.25, 0.3) is 0 Å². The zero-order chi connectivity index (χ0) is 16.9. The standard InChI is InChI=1S/C18H27N3O3/c1-14-12-21(8-9-24-14)18(22)19-11-15-6-7-20(13-15)16-4-3-5-17(10-16)23-2/h3-5,10,14-15H,6-9,11-13H2,1-2H3,(H,19,22)/t14-,15-/m0/s1. The molecule has 1 aromatic carbocycles. The number of hydrogen-bond acceptors (Lipinski definition) is 4. The minimum atomic E-state index is 0.0324. The Hall–Kier alpha value is -1.95. The fourth-order valence-electron chi connectivity index (χ4n) is 3.39. The molecule has 1 aromatic rings. The monoisotopic (exact) mass is 333 g/mol. The molecule has 0 saturated carbocycles. The number of nitrogens with one attached hydrogen (secondary N) is 1. The number of amides is 2. The van der Waals surface area contributed by atoms with Gasteiger partial charge in [-0.25, -0.2) is 4.79 Å². The molecule has 2 atom stereocenters. The number of morpholine rings is 1. The van der Waals surface area contributed by atoms with E-state index in [1.165, 1.54) is 5.69 Å². The van der Waals surface area contributed by atoms with Crippen molar-refractivity contribution < 1.29 is 14.3 Å². The van der Waals surface area contributed by atoms with Crippen LogP contribution in [0, 0.1) is 5.92 Å². The molecule has 0 radical (unpaired) electrons. The highest BCUT2D eigenvalue weighted by Crippen LogP contribution is 2.26. The first-order valence-corrected chi connectivity index (χ1v) is 8.69. The molecule has 6 heteroatoms. The first-order chi connectivity index (χ1) is 11.7. The zero-order valence-electron chi connectivity index (χ0n) is 14.5. The minimum Gasteiger partial charge on any atom is -0.497 e. The van der Waals surface area contributed by atoms with E-state index in [2.05, 4.69) is 22.3 Å². The predicted molar refractivity (Wildman–Crippen MR) is 93.7 cm³/mol. The average molecular weight is 333 g/mol. The maximum atomic E-state index is 12.3. The molecule has 1 N–H and O–H groups in total. The third-order valence-corrected chi connectivity index (χ3v) is 4.77. The Kier molecular flexibility index (Phi) is 5.45. The number of hydrogen-bond donors (Lipinski definition) is 1. The van der Waals surface area contributed by atoms with Gasteiger partial charge in [-0.1, -0.05) is 6.07 Å².